The molecule has 0 saturated heterocycles. The maximum Gasteiger partial charge on any atom is 0.242 e. The standard InChI is InChI=1S/C24H30Cl2N2O2S/c1-5-8-27-24(30)18(4)28(13-20-6-7-21(25)12-22(20)26)23(29)15-31-14-19-10-16(2)9-17(3)11-19/h6-7,9-12,18H,5,8,13-15H2,1-4H3,(H,27,30)/t18-/m0/s1. The van der Waals surface area contributed by atoms with Crippen molar-refractivity contribution >= 4 is 46.8 Å². The topological polar surface area (TPSA) is 49.4 Å². The van der Waals surface area contributed by atoms with Gasteiger partial charge >= 0.3 is 0 Å². The van der Waals surface area contributed by atoms with Gasteiger partial charge in [-0.1, -0.05) is 65.5 Å². The minimum atomic E-state index is -0.604. The van der Waals surface area contributed by atoms with Crippen molar-refractivity contribution in [3.8, 4) is 0 Å². The third kappa shape index (κ3) is 8.06. The highest BCUT2D eigenvalue weighted by Crippen LogP contribution is 2.24. The first-order chi connectivity index (χ1) is 14.7. The van der Waals surface area contributed by atoms with Crippen molar-refractivity contribution in [3.63, 3.8) is 0 Å². The van der Waals surface area contributed by atoms with Gasteiger partial charge in [-0.15, -0.1) is 11.8 Å². The smallest absolute Gasteiger partial charge is 0.242 e. The van der Waals surface area contributed by atoms with E-state index in [2.05, 4.69) is 37.4 Å². The van der Waals surface area contributed by atoms with Crippen molar-refractivity contribution in [3.05, 3.63) is 68.7 Å². The van der Waals surface area contributed by atoms with Gasteiger partial charge in [0.1, 0.15) is 6.04 Å². The van der Waals surface area contributed by atoms with Gasteiger partial charge in [0.15, 0.2) is 0 Å². The van der Waals surface area contributed by atoms with Crippen molar-refractivity contribution in [1.29, 1.82) is 0 Å². The Morgan fingerprint density at radius 1 is 1.10 bits per heavy atom. The summed E-state index contributed by atoms with van der Waals surface area (Å²) in [5.41, 5.74) is 4.37. The molecule has 1 atom stereocenters. The Hall–Kier alpha value is -1.69. The molecule has 0 aliphatic heterocycles. The van der Waals surface area contributed by atoms with Gasteiger partial charge in [-0.2, -0.15) is 0 Å². The van der Waals surface area contributed by atoms with Gasteiger partial charge in [0, 0.05) is 28.9 Å². The quantitative estimate of drug-likeness (QED) is 0.468. The van der Waals surface area contributed by atoms with E-state index in [1.165, 1.54) is 16.7 Å². The van der Waals surface area contributed by atoms with Gasteiger partial charge in [0.2, 0.25) is 11.8 Å². The highest BCUT2D eigenvalue weighted by Gasteiger charge is 2.26. The van der Waals surface area contributed by atoms with Crippen LogP contribution >= 0.6 is 35.0 Å². The van der Waals surface area contributed by atoms with Gasteiger partial charge in [-0.05, 0) is 50.5 Å². The van der Waals surface area contributed by atoms with Crippen molar-refractivity contribution < 1.29 is 9.59 Å². The van der Waals surface area contributed by atoms with Crippen LogP contribution < -0.4 is 5.32 Å². The van der Waals surface area contributed by atoms with Crippen molar-refractivity contribution in [2.24, 2.45) is 0 Å². The number of halogens is 2. The highest BCUT2D eigenvalue weighted by molar-refractivity contribution is 7.99. The van der Waals surface area contributed by atoms with E-state index < -0.39 is 6.04 Å². The van der Waals surface area contributed by atoms with E-state index in [9.17, 15) is 9.59 Å². The summed E-state index contributed by atoms with van der Waals surface area (Å²) in [6, 6.07) is 11.0. The molecule has 0 aromatic heterocycles. The van der Waals surface area contributed by atoms with Gasteiger partial charge in [-0.25, -0.2) is 0 Å². The Labute approximate surface area is 199 Å². The Morgan fingerprint density at radius 2 is 1.77 bits per heavy atom. The number of amides is 2. The second-order valence-corrected chi connectivity index (χ2v) is 9.54. The number of nitrogens with zero attached hydrogens (tertiary/aromatic N) is 1. The van der Waals surface area contributed by atoms with E-state index in [4.69, 9.17) is 23.2 Å². The van der Waals surface area contributed by atoms with Crippen LogP contribution in [0.15, 0.2) is 36.4 Å². The first kappa shape index (κ1) is 25.6. The number of thioether (sulfide) groups is 1. The molecule has 2 aromatic carbocycles. The SMILES string of the molecule is CCCNC(=O)[C@H](C)N(Cc1ccc(Cl)cc1Cl)C(=O)CSCc1cc(C)cc(C)c1. The number of aryl methyl sites for hydroxylation is 2. The second kappa shape index (κ2) is 12.4. The Bertz CT molecular complexity index is 900. The molecular weight excluding hydrogens is 451 g/mol. The van der Waals surface area contributed by atoms with Crippen LogP contribution in [-0.2, 0) is 21.9 Å². The lowest BCUT2D eigenvalue weighted by Gasteiger charge is -2.29. The molecule has 4 nitrogen and oxygen atoms in total. The number of hydrogen-bond donors (Lipinski definition) is 1. The summed E-state index contributed by atoms with van der Waals surface area (Å²) in [5, 5.41) is 3.89. The molecule has 0 spiro atoms. The van der Waals surface area contributed by atoms with Gasteiger partial charge in [0.25, 0.3) is 0 Å². The Morgan fingerprint density at radius 3 is 2.39 bits per heavy atom. The third-order valence-electron chi connectivity index (χ3n) is 4.85. The van der Waals surface area contributed by atoms with E-state index in [1.807, 2.05) is 6.92 Å². The molecule has 0 fully saturated rings. The summed E-state index contributed by atoms with van der Waals surface area (Å²) in [7, 11) is 0. The van der Waals surface area contributed by atoms with Crippen LogP contribution in [-0.4, -0.2) is 35.1 Å². The molecule has 0 aliphatic rings. The average molecular weight is 481 g/mol. The van der Waals surface area contributed by atoms with Gasteiger partial charge in [0.05, 0.1) is 5.75 Å². The molecule has 0 saturated carbocycles. The average Bonchev–Trinajstić information content (AvgIpc) is 2.70. The van der Waals surface area contributed by atoms with Crippen LogP contribution in [0, 0.1) is 13.8 Å². The molecule has 1 N–H and O–H groups in total. The molecule has 31 heavy (non-hydrogen) atoms. The number of hydrogen-bond acceptors (Lipinski definition) is 3. The fourth-order valence-electron chi connectivity index (χ4n) is 3.30. The fraction of sp³-hybridized carbons (Fsp3) is 0.417. The first-order valence-corrected chi connectivity index (χ1v) is 12.3. The van der Waals surface area contributed by atoms with E-state index in [1.54, 1.807) is 41.8 Å². The van der Waals surface area contributed by atoms with Gasteiger partial charge in [-0.3, -0.25) is 9.59 Å². The molecule has 0 bridgehead atoms. The molecule has 7 heteroatoms. The lowest BCUT2D eigenvalue weighted by atomic mass is 10.1. The highest BCUT2D eigenvalue weighted by atomic mass is 35.5. The van der Waals surface area contributed by atoms with Crippen LogP contribution in [0.3, 0.4) is 0 Å². The predicted molar refractivity (Wildman–Crippen MR) is 132 cm³/mol. The van der Waals surface area contributed by atoms with Crippen molar-refractivity contribution in [1.82, 2.24) is 10.2 Å². The Balaban J connectivity index is 2.11. The molecule has 2 amide bonds. The fourth-order valence-corrected chi connectivity index (χ4v) is 4.62. The molecule has 2 rings (SSSR count). The third-order valence-corrected chi connectivity index (χ3v) is 6.42. The molecule has 0 unspecified atom stereocenters. The maximum atomic E-state index is 13.1. The largest absolute Gasteiger partial charge is 0.354 e. The van der Waals surface area contributed by atoms with E-state index in [0.29, 0.717) is 16.6 Å². The zero-order valence-electron chi connectivity index (χ0n) is 18.5. The zero-order chi connectivity index (χ0) is 23.0. The number of carbonyl (C=O) groups is 2. The number of carbonyl (C=O) groups excluding carboxylic acids is 2. The predicted octanol–water partition coefficient (Wildman–Crippen LogP) is 5.79. The zero-order valence-corrected chi connectivity index (χ0v) is 20.8. The monoisotopic (exact) mass is 480 g/mol. The number of benzene rings is 2. The van der Waals surface area contributed by atoms with Crippen LogP contribution in [0.1, 0.15) is 42.5 Å². The summed E-state index contributed by atoms with van der Waals surface area (Å²) in [6.45, 7) is 8.71. The van der Waals surface area contributed by atoms with Crippen LogP contribution in [0.25, 0.3) is 0 Å². The van der Waals surface area contributed by atoms with Crippen LogP contribution in [0.2, 0.25) is 10.0 Å². The van der Waals surface area contributed by atoms with Crippen molar-refractivity contribution in [2.75, 3.05) is 12.3 Å². The lowest BCUT2D eigenvalue weighted by Crippen LogP contribution is -2.48. The molecule has 0 radical (unpaired) electrons. The summed E-state index contributed by atoms with van der Waals surface area (Å²) in [4.78, 5) is 27.3. The molecule has 0 aliphatic carbocycles. The van der Waals surface area contributed by atoms with E-state index in [-0.39, 0.29) is 24.1 Å². The number of rotatable bonds is 10. The first-order valence-electron chi connectivity index (χ1n) is 10.4. The van der Waals surface area contributed by atoms with E-state index in [0.717, 1.165) is 17.7 Å². The van der Waals surface area contributed by atoms with Crippen molar-refractivity contribution in [2.45, 2.75) is 52.5 Å². The summed E-state index contributed by atoms with van der Waals surface area (Å²) in [5.74, 6) is 0.753. The maximum absolute atomic E-state index is 13.1. The van der Waals surface area contributed by atoms with E-state index >= 15 is 0 Å². The summed E-state index contributed by atoms with van der Waals surface area (Å²) >= 11 is 13.9. The second-order valence-electron chi connectivity index (χ2n) is 7.71. The number of nitrogens with one attached hydrogen (secondary N) is 1. The molecule has 0 heterocycles. The molecule has 168 valence electrons. The minimum Gasteiger partial charge on any atom is -0.354 e. The minimum absolute atomic E-state index is 0.0976. The lowest BCUT2D eigenvalue weighted by molar-refractivity contribution is -0.138. The normalized spacial score (nSPS) is 11.8. The Kier molecular flexibility index (Phi) is 10.2. The summed E-state index contributed by atoms with van der Waals surface area (Å²) < 4.78 is 0. The van der Waals surface area contributed by atoms with Crippen LogP contribution in [0.4, 0.5) is 0 Å². The molecule has 2 aromatic rings. The molecular formula is C24H30Cl2N2O2S. The summed E-state index contributed by atoms with van der Waals surface area (Å²) in [6.07, 6.45) is 0.835. The van der Waals surface area contributed by atoms with Crippen LogP contribution in [0.5, 0.6) is 0 Å². The van der Waals surface area contributed by atoms with Gasteiger partial charge < -0.3 is 10.2 Å².